The molecule has 2 N–H and O–H groups in total. The molecule has 1 unspecified atom stereocenters. The van der Waals surface area contributed by atoms with E-state index in [0.717, 1.165) is 45.3 Å². The fourth-order valence-corrected chi connectivity index (χ4v) is 3.79. The molecule has 0 saturated carbocycles. The average molecular weight is 288 g/mol. The molecule has 0 aromatic carbocycles. The van der Waals surface area contributed by atoms with Crippen LogP contribution in [0.2, 0.25) is 0 Å². The van der Waals surface area contributed by atoms with E-state index in [1.54, 1.807) is 0 Å². The predicted molar refractivity (Wildman–Crippen MR) is 83.1 cm³/mol. The molecule has 0 spiro atoms. The highest BCUT2D eigenvalue weighted by Crippen LogP contribution is 2.28. The van der Waals surface area contributed by atoms with Crippen LogP contribution in [-0.4, -0.2) is 47.5 Å². The zero-order chi connectivity index (χ0) is 14.8. The van der Waals surface area contributed by atoms with Gasteiger partial charge in [0, 0.05) is 37.2 Å². The molecule has 1 atom stereocenters. The number of hydrogen-bond acceptors (Lipinski definition) is 4. The number of primary amides is 1. The van der Waals surface area contributed by atoms with Gasteiger partial charge >= 0.3 is 0 Å². The summed E-state index contributed by atoms with van der Waals surface area (Å²) in [5.74, 6) is -0.153. The summed E-state index contributed by atoms with van der Waals surface area (Å²) in [5, 5.41) is 0. The van der Waals surface area contributed by atoms with E-state index in [-0.39, 0.29) is 11.9 Å². The molecule has 2 fully saturated rings. The Morgan fingerprint density at radius 3 is 2.71 bits per heavy atom. The lowest BCUT2D eigenvalue weighted by atomic mass is 10.0. The van der Waals surface area contributed by atoms with Crippen LogP contribution >= 0.6 is 0 Å². The monoisotopic (exact) mass is 288 g/mol. The number of piperidine rings is 1. The van der Waals surface area contributed by atoms with Gasteiger partial charge in [0.25, 0.3) is 0 Å². The second-order valence-corrected chi connectivity index (χ2v) is 6.18. The van der Waals surface area contributed by atoms with E-state index in [2.05, 4.69) is 27.8 Å². The summed E-state index contributed by atoms with van der Waals surface area (Å²) in [6.45, 7) is 5.21. The third-order valence-electron chi connectivity index (χ3n) is 4.89. The number of carbonyl (C=O) groups is 1. The molecular formula is C16H24N4O. The number of carbonyl (C=O) groups excluding carboxylic acids is 1. The number of aryl methyl sites for hydroxylation is 1. The molecule has 5 heteroatoms. The van der Waals surface area contributed by atoms with Gasteiger partial charge in [-0.3, -0.25) is 14.7 Å². The molecule has 5 nitrogen and oxygen atoms in total. The summed E-state index contributed by atoms with van der Waals surface area (Å²) in [4.78, 5) is 20.5. The first-order valence-corrected chi connectivity index (χ1v) is 7.87. The maximum absolute atomic E-state index is 11.5. The van der Waals surface area contributed by atoms with Crippen LogP contribution in [-0.2, 0) is 4.79 Å². The third kappa shape index (κ3) is 2.88. The van der Waals surface area contributed by atoms with Gasteiger partial charge in [-0.1, -0.05) is 0 Å². The number of hydrogen-bond donors (Lipinski definition) is 1. The highest BCUT2D eigenvalue weighted by Gasteiger charge is 2.35. The Labute approximate surface area is 126 Å². The first kappa shape index (κ1) is 14.3. The SMILES string of the molecule is Cc1cnccc1N1CCC(N2CCCC2C(N)=O)CC1. The Balaban J connectivity index is 1.63. The molecule has 114 valence electrons. The molecule has 1 aromatic heterocycles. The fourth-order valence-electron chi connectivity index (χ4n) is 3.79. The first-order valence-electron chi connectivity index (χ1n) is 7.87. The largest absolute Gasteiger partial charge is 0.371 e. The van der Waals surface area contributed by atoms with Crippen LogP contribution in [0.15, 0.2) is 18.5 Å². The molecule has 1 amide bonds. The lowest BCUT2D eigenvalue weighted by Crippen LogP contribution is -2.50. The molecule has 2 aliphatic heterocycles. The van der Waals surface area contributed by atoms with E-state index in [0.29, 0.717) is 6.04 Å². The molecule has 3 heterocycles. The summed E-state index contributed by atoms with van der Waals surface area (Å²) in [5.41, 5.74) is 8.05. The molecule has 2 aliphatic rings. The van der Waals surface area contributed by atoms with Crippen molar-refractivity contribution in [1.82, 2.24) is 9.88 Å². The summed E-state index contributed by atoms with van der Waals surface area (Å²) < 4.78 is 0. The van der Waals surface area contributed by atoms with Gasteiger partial charge in [-0.25, -0.2) is 0 Å². The second-order valence-electron chi connectivity index (χ2n) is 6.18. The molecule has 0 bridgehead atoms. The van der Waals surface area contributed by atoms with E-state index in [1.165, 1.54) is 11.3 Å². The van der Waals surface area contributed by atoms with Crippen LogP contribution in [0.5, 0.6) is 0 Å². The zero-order valence-electron chi connectivity index (χ0n) is 12.7. The minimum absolute atomic E-state index is 0.0378. The number of anilines is 1. The maximum Gasteiger partial charge on any atom is 0.234 e. The predicted octanol–water partition coefficient (Wildman–Crippen LogP) is 1.31. The highest BCUT2D eigenvalue weighted by atomic mass is 16.1. The van der Waals surface area contributed by atoms with Crippen molar-refractivity contribution in [2.75, 3.05) is 24.5 Å². The van der Waals surface area contributed by atoms with E-state index < -0.39 is 0 Å². The minimum atomic E-state index is -0.153. The molecule has 21 heavy (non-hydrogen) atoms. The van der Waals surface area contributed by atoms with Gasteiger partial charge < -0.3 is 10.6 Å². The van der Waals surface area contributed by atoms with Crippen molar-refractivity contribution in [3.05, 3.63) is 24.0 Å². The van der Waals surface area contributed by atoms with Gasteiger partial charge in [-0.2, -0.15) is 0 Å². The number of likely N-dealkylation sites (tertiary alicyclic amines) is 1. The summed E-state index contributed by atoms with van der Waals surface area (Å²) in [7, 11) is 0. The topological polar surface area (TPSA) is 62.5 Å². The van der Waals surface area contributed by atoms with Crippen LogP contribution in [0.3, 0.4) is 0 Å². The number of pyridine rings is 1. The van der Waals surface area contributed by atoms with Gasteiger partial charge in [-0.15, -0.1) is 0 Å². The number of amides is 1. The number of aromatic nitrogens is 1. The smallest absolute Gasteiger partial charge is 0.234 e. The second kappa shape index (κ2) is 6.02. The Morgan fingerprint density at radius 1 is 1.29 bits per heavy atom. The van der Waals surface area contributed by atoms with Crippen molar-refractivity contribution in [3.63, 3.8) is 0 Å². The minimum Gasteiger partial charge on any atom is -0.371 e. The third-order valence-corrected chi connectivity index (χ3v) is 4.89. The zero-order valence-corrected chi connectivity index (χ0v) is 12.7. The van der Waals surface area contributed by atoms with Gasteiger partial charge in [0.05, 0.1) is 6.04 Å². The van der Waals surface area contributed by atoms with Crippen LogP contribution in [0.4, 0.5) is 5.69 Å². The first-order chi connectivity index (χ1) is 10.2. The molecular weight excluding hydrogens is 264 g/mol. The Bertz CT molecular complexity index is 511. The van der Waals surface area contributed by atoms with E-state index in [4.69, 9.17) is 5.73 Å². The standard InChI is InChI=1S/C16H24N4O/c1-12-11-18-7-4-14(12)19-9-5-13(6-10-19)20-8-2-3-15(20)16(17)21/h4,7,11,13,15H,2-3,5-6,8-10H2,1H3,(H2,17,21). The lowest BCUT2D eigenvalue weighted by Gasteiger charge is -2.39. The van der Waals surface area contributed by atoms with Crippen LogP contribution < -0.4 is 10.6 Å². The summed E-state index contributed by atoms with van der Waals surface area (Å²) in [6.07, 6.45) is 8.01. The number of nitrogens with zero attached hydrogens (tertiary/aromatic N) is 3. The normalized spacial score (nSPS) is 24.4. The number of nitrogens with two attached hydrogens (primary N) is 1. The van der Waals surface area contributed by atoms with Crippen molar-refractivity contribution >= 4 is 11.6 Å². The Morgan fingerprint density at radius 2 is 2.05 bits per heavy atom. The van der Waals surface area contributed by atoms with Crippen LogP contribution in [0.25, 0.3) is 0 Å². The molecule has 2 saturated heterocycles. The molecule has 0 radical (unpaired) electrons. The van der Waals surface area contributed by atoms with Gasteiger partial charge in [0.1, 0.15) is 0 Å². The molecule has 1 aromatic rings. The van der Waals surface area contributed by atoms with Crippen LogP contribution in [0.1, 0.15) is 31.2 Å². The van der Waals surface area contributed by atoms with Crippen molar-refractivity contribution in [3.8, 4) is 0 Å². The number of rotatable bonds is 3. The summed E-state index contributed by atoms with van der Waals surface area (Å²) in [6, 6.07) is 2.56. The van der Waals surface area contributed by atoms with Gasteiger partial charge in [0.15, 0.2) is 0 Å². The van der Waals surface area contributed by atoms with Crippen molar-refractivity contribution in [1.29, 1.82) is 0 Å². The van der Waals surface area contributed by atoms with Crippen molar-refractivity contribution < 1.29 is 4.79 Å². The average Bonchev–Trinajstić information content (AvgIpc) is 2.98. The highest BCUT2D eigenvalue weighted by molar-refractivity contribution is 5.80. The summed E-state index contributed by atoms with van der Waals surface area (Å²) >= 11 is 0. The quantitative estimate of drug-likeness (QED) is 0.911. The Kier molecular flexibility index (Phi) is 4.10. The van der Waals surface area contributed by atoms with E-state index in [9.17, 15) is 4.79 Å². The van der Waals surface area contributed by atoms with Crippen molar-refractivity contribution in [2.24, 2.45) is 5.73 Å². The maximum atomic E-state index is 11.5. The van der Waals surface area contributed by atoms with Crippen LogP contribution in [0, 0.1) is 6.92 Å². The lowest BCUT2D eigenvalue weighted by molar-refractivity contribution is -0.123. The van der Waals surface area contributed by atoms with Gasteiger partial charge in [-0.05, 0) is 50.8 Å². The molecule has 3 rings (SSSR count). The fraction of sp³-hybridized carbons (Fsp3) is 0.625. The Hall–Kier alpha value is -1.62. The van der Waals surface area contributed by atoms with E-state index >= 15 is 0 Å². The molecule has 0 aliphatic carbocycles. The van der Waals surface area contributed by atoms with Gasteiger partial charge in [0.2, 0.25) is 5.91 Å². The van der Waals surface area contributed by atoms with Crippen molar-refractivity contribution in [2.45, 2.75) is 44.7 Å². The van der Waals surface area contributed by atoms with E-state index in [1.807, 2.05) is 12.4 Å².